The average Bonchev–Trinajstić information content (AvgIpc) is 2.46. The molecule has 1 rings (SSSR count). The summed E-state index contributed by atoms with van der Waals surface area (Å²) in [5, 5.41) is 2.96. The zero-order chi connectivity index (χ0) is 16.4. The Balaban J connectivity index is 2.71. The lowest BCUT2D eigenvalue weighted by Crippen LogP contribution is -2.22. The van der Waals surface area contributed by atoms with Gasteiger partial charge in [0, 0.05) is 16.9 Å². The second-order valence-corrected chi connectivity index (χ2v) is 5.84. The van der Waals surface area contributed by atoms with Crippen LogP contribution >= 0.6 is 0 Å². The Labute approximate surface area is 134 Å². The number of allylic oxidation sites excluding steroid dienone is 3. The first-order valence-corrected chi connectivity index (χ1v) is 8.08. The van der Waals surface area contributed by atoms with E-state index in [2.05, 4.69) is 38.2 Å². The Bertz CT molecular complexity index is 530. The Morgan fingerprint density at radius 2 is 2.09 bits per heavy atom. The van der Waals surface area contributed by atoms with Gasteiger partial charge < -0.3 is 11.1 Å². The van der Waals surface area contributed by atoms with Crippen molar-refractivity contribution in [3.05, 3.63) is 53.8 Å². The van der Waals surface area contributed by atoms with Gasteiger partial charge in [0.25, 0.3) is 5.91 Å². The van der Waals surface area contributed by atoms with E-state index in [0.717, 1.165) is 12.1 Å². The van der Waals surface area contributed by atoms with Crippen molar-refractivity contribution in [1.29, 1.82) is 0 Å². The van der Waals surface area contributed by atoms with Crippen molar-refractivity contribution in [3.8, 4) is 0 Å². The maximum Gasteiger partial charge on any atom is 0.255 e. The van der Waals surface area contributed by atoms with Crippen LogP contribution in [0.15, 0.2) is 48.2 Å². The van der Waals surface area contributed by atoms with E-state index in [1.807, 2.05) is 6.08 Å². The van der Waals surface area contributed by atoms with E-state index in [0.29, 0.717) is 17.2 Å². The van der Waals surface area contributed by atoms with Crippen LogP contribution in [0.5, 0.6) is 0 Å². The summed E-state index contributed by atoms with van der Waals surface area (Å²) in [6.45, 7) is 6.38. The molecule has 22 heavy (non-hydrogen) atoms. The molecule has 0 atom stereocenters. The second kappa shape index (κ2) is 9.82. The fourth-order valence-corrected chi connectivity index (χ4v) is 2.10. The fraction of sp³-hybridized carbons (Fsp3) is 0.421. The number of nitrogen functional groups attached to an aromatic ring is 1. The molecule has 0 unspecified atom stereocenters. The molecule has 1 aromatic carbocycles. The molecule has 0 radical (unpaired) electrons. The van der Waals surface area contributed by atoms with Gasteiger partial charge in [0.15, 0.2) is 0 Å². The van der Waals surface area contributed by atoms with Crippen LogP contribution in [0.2, 0.25) is 0 Å². The smallest absolute Gasteiger partial charge is 0.255 e. The van der Waals surface area contributed by atoms with Crippen LogP contribution in [0.25, 0.3) is 0 Å². The fourth-order valence-electron chi connectivity index (χ4n) is 2.10. The molecule has 0 aliphatic heterocycles. The summed E-state index contributed by atoms with van der Waals surface area (Å²) < 4.78 is 0. The van der Waals surface area contributed by atoms with E-state index >= 15 is 0 Å². The highest BCUT2D eigenvalue weighted by atomic mass is 16.1. The Kier molecular flexibility index (Phi) is 8.05. The van der Waals surface area contributed by atoms with Gasteiger partial charge in [-0.15, -0.1) is 0 Å². The highest BCUT2D eigenvalue weighted by molar-refractivity contribution is 5.96. The Hall–Kier alpha value is -2.03. The number of carbonyl (C=O) groups excluding carboxylic acids is 1. The lowest BCUT2D eigenvalue weighted by Gasteiger charge is -2.08. The van der Waals surface area contributed by atoms with Crippen LogP contribution < -0.4 is 11.1 Å². The van der Waals surface area contributed by atoms with Crippen LogP contribution in [0, 0.1) is 5.92 Å². The molecule has 120 valence electrons. The Morgan fingerprint density at radius 3 is 2.73 bits per heavy atom. The third kappa shape index (κ3) is 7.11. The molecule has 1 aromatic rings. The van der Waals surface area contributed by atoms with Crippen molar-refractivity contribution in [2.24, 2.45) is 5.92 Å². The number of nitrogens with one attached hydrogen (secondary N) is 1. The highest BCUT2D eigenvalue weighted by Crippen LogP contribution is 2.09. The van der Waals surface area contributed by atoms with Gasteiger partial charge in [0.2, 0.25) is 0 Å². The van der Waals surface area contributed by atoms with E-state index < -0.39 is 0 Å². The van der Waals surface area contributed by atoms with Crippen molar-refractivity contribution >= 4 is 11.6 Å². The van der Waals surface area contributed by atoms with Gasteiger partial charge in [0.1, 0.15) is 0 Å². The number of benzene rings is 1. The molecule has 0 spiro atoms. The van der Waals surface area contributed by atoms with Crippen LogP contribution in [0.3, 0.4) is 0 Å². The first kappa shape index (κ1) is 18.0. The van der Waals surface area contributed by atoms with Crippen LogP contribution in [-0.4, -0.2) is 5.91 Å². The van der Waals surface area contributed by atoms with Gasteiger partial charge in [-0.2, -0.15) is 0 Å². The summed E-state index contributed by atoms with van der Waals surface area (Å²) in [4.78, 5) is 12.3. The van der Waals surface area contributed by atoms with Gasteiger partial charge in [-0.3, -0.25) is 4.79 Å². The molecule has 3 N–H and O–H groups in total. The van der Waals surface area contributed by atoms with Crippen LogP contribution in [0.4, 0.5) is 5.69 Å². The molecule has 0 saturated heterocycles. The van der Waals surface area contributed by atoms with E-state index in [1.54, 1.807) is 24.3 Å². The molecule has 0 aliphatic carbocycles. The first-order valence-electron chi connectivity index (χ1n) is 8.08. The van der Waals surface area contributed by atoms with E-state index in [4.69, 9.17) is 5.73 Å². The molecule has 0 bridgehead atoms. The van der Waals surface area contributed by atoms with Gasteiger partial charge in [-0.25, -0.2) is 0 Å². The van der Waals surface area contributed by atoms with Crippen LogP contribution in [-0.2, 0) is 0 Å². The third-order valence-electron chi connectivity index (χ3n) is 3.19. The monoisotopic (exact) mass is 300 g/mol. The zero-order valence-corrected chi connectivity index (χ0v) is 13.9. The standard InChI is InChI=1S/C19H28N2O/c1-4-5-6-7-8-12-18(13-15(2)3)21-19(22)16-10-9-11-17(20)14-16/h8-15H,4-7,20H2,1-3H3,(H,21,22)/b12-8-,18-13+. The topological polar surface area (TPSA) is 55.1 Å². The summed E-state index contributed by atoms with van der Waals surface area (Å²) in [5.74, 6) is 0.244. The molecule has 0 fully saturated rings. The number of hydrogen-bond donors (Lipinski definition) is 2. The number of anilines is 1. The van der Waals surface area contributed by atoms with E-state index in [1.165, 1.54) is 19.3 Å². The largest absolute Gasteiger partial charge is 0.399 e. The normalized spacial score (nSPS) is 12.1. The zero-order valence-electron chi connectivity index (χ0n) is 13.9. The van der Waals surface area contributed by atoms with E-state index in [-0.39, 0.29) is 5.91 Å². The summed E-state index contributed by atoms with van der Waals surface area (Å²) in [7, 11) is 0. The molecule has 3 heteroatoms. The highest BCUT2D eigenvalue weighted by Gasteiger charge is 2.07. The van der Waals surface area contributed by atoms with E-state index in [9.17, 15) is 4.79 Å². The quantitative estimate of drug-likeness (QED) is 0.416. The summed E-state index contributed by atoms with van der Waals surface area (Å²) >= 11 is 0. The lowest BCUT2D eigenvalue weighted by atomic mass is 10.1. The molecular formula is C19H28N2O. The van der Waals surface area contributed by atoms with Crippen molar-refractivity contribution in [2.75, 3.05) is 5.73 Å². The molecule has 0 aliphatic rings. The number of nitrogens with two attached hydrogens (primary N) is 1. The Morgan fingerprint density at radius 1 is 1.32 bits per heavy atom. The molecule has 0 heterocycles. The van der Waals surface area contributed by atoms with Crippen molar-refractivity contribution in [2.45, 2.75) is 46.5 Å². The minimum absolute atomic E-state index is 0.127. The third-order valence-corrected chi connectivity index (χ3v) is 3.19. The van der Waals surface area contributed by atoms with Crippen molar-refractivity contribution in [3.63, 3.8) is 0 Å². The molecule has 0 saturated carbocycles. The summed E-state index contributed by atoms with van der Waals surface area (Å²) in [5.41, 5.74) is 7.74. The number of hydrogen-bond acceptors (Lipinski definition) is 2. The van der Waals surface area contributed by atoms with Gasteiger partial charge >= 0.3 is 0 Å². The second-order valence-electron chi connectivity index (χ2n) is 5.84. The number of unbranched alkanes of at least 4 members (excludes halogenated alkanes) is 3. The maximum atomic E-state index is 12.3. The minimum atomic E-state index is -0.127. The molecule has 3 nitrogen and oxygen atoms in total. The van der Waals surface area contributed by atoms with Gasteiger partial charge in [0.05, 0.1) is 0 Å². The van der Waals surface area contributed by atoms with Crippen LogP contribution in [0.1, 0.15) is 56.8 Å². The maximum absolute atomic E-state index is 12.3. The number of amides is 1. The van der Waals surface area contributed by atoms with Crippen molar-refractivity contribution in [1.82, 2.24) is 5.32 Å². The predicted octanol–water partition coefficient (Wildman–Crippen LogP) is 4.68. The number of carbonyl (C=O) groups is 1. The SMILES string of the molecule is CCCCC/C=C\C(=C/C(C)C)NC(=O)c1cccc(N)c1. The molecular weight excluding hydrogens is 272 g/mol. The average molecular weight is 300 g/mol. The lowest BCUT2D eigenvalue weighted by molar-refractivity contribution is 0.0967. The van der Waals surface area contributed by atoms with Crippen molar-refractivity contribution < 1.29 is 4.79 Å². The summed E-state index contributed by atoms with van der Waals surface area (Å²) in [6.07, 6.45) is 10.9. The van der Waals surface area contributed by atoms with Gasteiger partial charge in [-0.1, -0.05) is 51.8 Å². The minimum Gasteiger partial charge on any atom is -0.399 e. The molecule has 0 aromatic heterocycles. The predicted molar refractivity (Wildman–Crippen MR) is 94.5 cm³/mol. The number of rotatable bonds is 8. The summed E-state index contributed by atoms with van der Waals surface area (Å²) in [6, 6.07) is 7.02. The molecule has 1 amide bonds. The first-order chi connectivity index (χ1) is 10.5. The van der Waals surface area contributed by atoms with Gasteiger partial charge in [-0.05, 0) is 43.0 Å².